The molecular formula is C17H23N3. The molecule has 1 aromatic heterocycles. The molecule has 0 radical (unpaired) electrons. The second kappa shape index (κ2) is 7.06. The van der Waals surface area contributed by atoms with E-state index in [4.69, 9.17) is 5.73 Å². The minimum atomic E-state index is 0.138. The van der Waals surface area contributed by atoms with E-state index in [9.17, 15) is 0 Å². The van der Waals surface area contributed by atoms with Crippen LogP contribution in [-0.4, -0.2) is 11.5 Å². The van der Waals surface area contributed by atoms with Gasteiger partial charge in [0, 0.05) is 37.2 Å². The van der Waals surface area contributed by atoms with E-state index >= 15 is 0 Å². The van der Waals surface area contributed by atoms with Crippen molar-refractivity contribution < 1.29 is 0 Å². The summed E-state index contributed by atoms with van der Waals surface area (Å²) >= 11 is 0. The van der Waals surface area contributed by atoms with Crippen LogP contribution < -0.4 is 10.6 Å². The molecule has 3 nitrogen and oxygen atoms in total. The summed E-state index contributed by atoms with van der Waals surface area (Å²) in [5.41, 5.74) is 9.77. The van der Waals surface area contributed by atoms with Crippen LogP contribution in [0.5, 0.6) is 0 Å². The van der Waals surface area contributed by atoms with Crippen LogP contribution in [0.3, 0.4) is 0 Å². The topological polar surface area (TPSA) is 42.1 Å². The van der Waals surface area contributed by atoms with E-state index in [1.807, 2.05) is 12.4 Å². The molecule has 20 heavy (non-hydrogen) atoms. The third-order valence-corrected chi connectivity index (χ3v) is 3.63. The lowest BCUT2D eigenvalue weighted by Crippen LogP contribution is -2.22. The van der Waals surface area contributed by atoms with Gasteiger partial charge in [-0.1, -0.05) is 19.1 Å². The molecule has 0 saturated carbocycles. The number of rotatable bonds is 6. The Morgan fingerprint density at radius 3 is 2.25 bits per heavy atom. The Kier molecular flexibility index (Phi) is 5.13. The molecule has 2 N–H and O–H groups in total. The number of aromatic nitrogens is 1. The lowest BCUT2D eigenvalue weighted by Gasteiger charge is -2.24. The van der Waals surface area contributed by atoms with Gasteiger partial charge in [0.2, 0.25) is 0 Å². The highest BCUT2D eigenvalue weighted by Gasteiger charge is 2.07. The molecule has 3 heteroatoms. The Labute approximate surface area is 121 Å². The number of hydrogen-bond acceptors (Lipinski definition) is 3. The van der Waals surface area contributed by atoms with Gasteiger partial charge in [-0.3, -0.25) is 4.98 Å². The number of anilines is 1. The monoisotopic (exact) mass is 269 g/mol. The van der Waals surface area contributed by atoms with Crippen LogP contribution in [0, 0.1) is 0 Å². The van der Waals surface area contributed by atoms with E-state index in [0.29, 0.717) is 0 Å². The van der Waals surface area contributed by atoms with Gasteiger partial charge in [-0.2, -0.15) is 0 Å². The highest BCUT2D eigenvalue weighted by Crippen LogP contribution is 2.21. The molecule has 2 rings (SSSR count). The number of nitrogens with two attached hydrogens (primary N) is 1. The van der Waals surface area contributed by atoms with Crippen molar-refractivity contribution in [3.8, 4) is 0 Å². The van der Waals surface area contributed by atoms with E-state index in [1.54, 1.807) is 0 Å². The average molecular weight is 269 g/mol. The minimum Gasteiger partial charge on any atom is -0.367 e. The van der Waals surface area contributed by atoms with Crippen molar-refractivity contribution in [3.63, 3.8) is 0 Å². The van der Waals surface area contributed by atoms with Gasteiger partial charge < -0.3 is 10.6 Å². The molecule has 1 unspecified atom stereocenters. The second-order valence-electron chi connectivity index (χ2n) is 4.98. The van der Waals surface area contributed by atoms with Crippen LogP contribution in [-0.2, 0) is 6.54 Å². The third-order valence-electron chi connectivity index (χ3n) is 3.63. The SMILES string of the molecule is CCC(N)c1ccc(N(CC)Cc2ccncc2)cc1. The van der Waals surface area contributed by atoms with Crippen LogP contribution >= 0.6 is 0 Å². The van der Waals surface area contributed by atoms with E-state index in [2.05, 4.69) is 60.1 Å². The number of nitrogens with zero attached hydrogens (tertiary/aromatic N) is 2. The van der Waals surface area contributed by atoms with E-state index < -0.39 is 0 Å². The van der Waals surface area contributed by atoms with Gasteiger partial charge in [0.1, 0.15) is 0 Å². The Morgan fingerprint density at radius 1 is 1.05 bits per heavy atom. The van der Waals surface area contributed by atoms with Crippen molar-refractivity contribution in [1.29, 1.82) is 0 Å². The smallest absolute Gasteiger partial charge is 0.0430 e. The number of benzene rings is 1. The molecule has 0 amide bonds. The molecule has 2 aromatic rings. The maximum absolute atomic E-state index is 6.06. The zero-order valence-corrected chi connectivity index (χ0v) is 12.3. The van der Waals surface area contributed by atoms with Crippen molar-refractivity contribution in [2.45, 2.75) is 32.9 Å². The Bertz CT molecular complexity index is 508. The van der Waals surface area contributed by atoms with Crippen molar-refractivity contribution in [3.05, 3.63) is 59.9 Å². The number of pyridine rings is 1. The summed E-state index contributed by atoms with van der Waals surface area (Å²) in [6.45, 7) is 6.16. The Morgan fingerprint density at radius 2 is 1.70 bits per heavy atom. The molecule has 1 heterocycles. The van der Waals surface area contributed by atoms with Crippen LogP contribution in [0.15, 0.2) is 48.8 Å². The fourth-order valence-corrected chi connectivity index (χ4v) is 2.26. The van der Waals surface area contributed by atoms with Crippen molar-refractivity contribution in [2.75, 3.05) is 11.4 Å². The maximum atomic E-state index is 6.06. The molecule has 1 atom stereocenters. The fraction of sp³-hybridized carbons (Fsp3) is 0.353. The Hall–Kier alpha value is -1.87. The van der Waals surface area contributed by atoms with Gasteiger partial charge in [0.15, 0.2) is 0 Å². The standard InChI is InChI=1S/C17H23N3/c1-3-17(18)15-5-7-16(8-6-15)20(4-2)13-14-9-11-19-12-10-14/h5-12,17H,3-4,13,18H2,1-2H3. The summed E-state index contributed by atoms with van der Waals surface area (Å²) in [5.74, 6) is 0. The first-order chi connectivity index (χ1) is 9.74. The first kappa shape index (κ1) is 14.5. The predicted molar refractivity (Wildman–Crippen MR) is 84.6 cm³/mol. The quantitative estimate of drug-likeness (QED) is 0.872. The lowest BCUT2D eigenvalue weighted by atomic mass is 10.0. The van der Waals surface area contributed by atoms with Crippen LogP contribution in [0.4, 0.5) is 5.69 Å². The molecule has 1 aromatic carbocycles. The maximum Gasteiger partial charge on any atom is 0.0430 e. The van der Waals surface area contributed by atoms with Crippen molar-refractivity contribution >= 4 is 5.69 Å². The number of hydrogen-bond donors (Lipinski definition) is 1. The summed E-state index contributed by atoms with van der Waals surface area (Å²) in [4.78, 5) is 6.40. The molecule has 0 aliphatic heterocycles. The highest BCUT2D eigenvalue weighted by molar-refractivity contribution is 5.48. The van der Waals surface area contributed by atoms with E-state index in [-0.39, 0.29) is 6.04 Å². The summed E-state index contributed by atoms with van der Waals surface area (Å²) in [7, 11) is 0. The van der Waals surface area contributed by atoms with E-state index in [0.717, 1.165) is 19.5 Å². The zero-order chi connectivity index (χ0) is 14.4. The molecule has 0 saturated heterocycles. The summed E-state index contributed by atoms with van der Waals surface area (Å²) in [6.07, 6.45) is 4.65. The van der Waals surface area contributed by atoms with Gasteiger partial charge >= 0.3 is 0 Å². The van der Waals surface area contributed by atoms with E-state index in [1.165, 1.54) is 16.8 Å². The Balaban J connectivity index is 2.11. The first-order valence-electron chi connectivity index (χ1n) is 7.24. The van der Waals surface area contributed by atoms with Crippen LogP contribution in [0.2, 0.25) is 0 Å². The fourth-order valence-electron chi connectivity index (χ4n) is 2.26. The third kappa shape index (κ3) is 3.58. The second-order valence-corrected chi connectivity index (χ2v) is 4.98. The normalized spacial score (nSPS) is 12.2. The molecule has 0 bridgehead atoms. The summed E-state index contributed by atoms with van der Waals surface area (Å²) in [5, 5.41) is 0. The predicted octanol–water partition coefficient (Wildman–Crippen LogP) is 3.52. The zero-order valence-electron chi connectivity index (χ0n) is 12.3. The average Bonchev–Trinajstić information content (AvgIpc) is 2.53. The summed E-state index contributed by atoms with van der Waals surface area (Å²) in [6, 6.07) is 12.9. The van der Waals surface area contributed by atoms with Crippen molar-refractivity contribution in [2.24, 2.45) is 5.73 Å². The van der Waals surface area contributed by atoms with Gasteiger partial charge in [-0.05, 0) is 48.7 Å². The lowest BCUT2D eigenvalue weighted by molar-refractivity contribution is 0.698. The largest absolute Gasteiger partial charge is 0.367 e. The molecule has 0 aliphatic rings. The first-order valence-corrected chi connectivity index (χ1v) is 7.24. The molecule has 0 spiro atoms. The highest BCUT2D eigenvalue weighted by atomic mass is 15.1. The molecule has 0 fully saturated rings. The minimum absolute atomic E-state index is 0.138. The summed E-state index contributed by atoms with van der Waals surface area (Å²) < 4.78 is 0. The molecule has 0 aliphatic carbocycles. The van der Waals surface area contributed by atoms with Gasteiger partial charge in [0.25, 0.3) is 0 Å². The van der Waals surface area contributed by atoms with Gasteiger partial charge in [-0.15, -0.1) is 0 Å². The molecular weight excluding hydrogens is 246 g/mol. The van der Waals surface area contributed by atoms with Crippen LogP contribution in [0.25, 0.3) is 0 Å². The van der Waals surface area contributed by atoms with Crippen LogP contribution in [0.1, 0.15) is 37.4 Å². The van der Waals surface area contributed by atoms with Gasteiger partial charge in [0.05, 0.1) is 0 Å². The molecule has 106 valence electrons. The van der Waals surface area contributed by atoms with Crippen molar-refractivity contribution in [1.82, 2.24) is 4.98 Å². The van der Waals surface area contributed by atoms with Gasteiger partial charge in [-0.25, -0.2) is 0 Å².